The lowest BCUT2D eigenvalue weighted by Gasteiger charge is -2.19. The van der Waals surface area contributed by atoms with Gasteiger partial charge in [-0.3, -0.25) is 4.99 Å². The largest absolute Gasteiger partial charge is 0.258 e. The molecular weight excluding hydrogens is 170 g/mol. The normalized spacial score (nSPS) is 25.2. The van der Waals surface area contributed by atoms with Gasteiger partial charge in [0.2, 0.25) is 0 Å². The molecule has 0 radical (unpaired) electrons. The van der Waals surface area contributed by atoms with Crippen molar-refractivity contribution in [2.75, 3.05) is 0 Å². The van der Waals surface area contributed by atoms with Gasteiger partial charge in [0.1, 0.15) is 0 Å². The predicted octanol–water partition coefficient (Wildman–Crippen LogP) is 3.97. The molecule has 1 heteroatoms. The zero-order valence-corrected chi connectivity index (χ0v) is 8.74. The maximum absolute atomic E-state index is 4.69. The summed E-state index contributed by atoms with van der Waals surface area (Å²) in [5.74, 6) is 0.825. The minimum atomic E-state index is 0.825. The van der Waals surface area contributed by atoms with Crippen LogP contribution in [-0.4, -0.2) is 5.71 Å². The Morgan fingerprint density at radius 1 is 1.21 bits per heavy atom. The van der Waals surface area contributed by atoms with E-state index in [0.717, 1.165) is 11.6 Å². The first kappa shape index (κ1) is 9.45. The number of aliphatic imine (C=N–C) groups is 1. The van der Waals surface area contributed by atoms with Gasteiger partial charge in [0.25, 0.3) is 0 Å². The van der Waals surface area contributed by atoms with E-state index < -0.39 is 0 Å². The molecular formula is C13H17N. The maximum Gasteiger partial charge on any atom is 0.0629 e. The molecule has 14 heavy (non-hydrogen) atoms. The summed E-state index contributed by atoms with van der Waals surface area (Å²) in [6.45, 7) is 2.32. The molecule has 1 aliphatic carbocycles. The number of hydrogen-bond acceptors (Lipinski definition) is 1. The molecule has 0 N–H and O–H groups in total. The highest BCUT2D eigenvalue weighted by Gasteiger charge is 2.13. The zero-order chi connectivity index (χ0) is 9.80. The van der Waals surface area contributed by atoms with Crippen molar-refractivity contribution in [2.24, 2.45) is 10.9 Å². The highest BCUT2D eigenvalue weighted by Crippen LogP contribution is 2.23. The van der Waals surface area contributed by atoms with Crippen molar-refractivity contribution in [3.63, 3.8) is 0 Å². The van der Waals surface area contributed by atoms with Crippen LogP contribution in [0.25, 0.3) is 0 Å². The van der Waals surface area contributed by atoms with Gasteiger partial charge >= 0.3 is 0 Å². The molecule has 0 aliphatic heterocycles. The lowest BCUT2D eigenvalue weighted by Crippen LogP contribution is -2.12. The first-order valence-corrected chi connectivity index (χ1v) is 5.46. The van der Waals surface area contributed by atoms with Gasteiger partial charge in [-0.1, -0.05) is 25.1 Å². The summed E-state index contributed by atoms with van der Waals surface area (Å²) < 4.78 is 0. The molecule has 1 aliphatic rings. The molecule has 0 amide bonds. The Morgan fingerprint density at radius 3 is 2.71 bits per heavy atom. The lowest BCUT2D eigenvalue weighted by atomic mass is 9.89. The summed E-state index contributed by atoms with van der Waals surface area (Å²) >= 11 is 0. The monoisotopic (exact) mass is 187 g/mol. The number of para-hydroxylation sites is 1. The Hall–Kier alpha value is -1.11. The molecule has 1 unspecified atom stereocenters. The fraction of sp³-hybridized carbons (Fsp3) is 0.462. The van der Waals surface area contributed by atoms with Crippen molar-refractivity contribution in [3.05, 3.63) is 30.3 Å². The standard InChI is InChI=1S/C13H17N/c1-11-6-5-9-13(10-11)14-12-7-3-2-4-8-12/h2-4,7-8,11H,5-6,9-10H2,1H3/b14-13+. The van der Waals surface area contributed by atoms with E-state index >= 15 is 0 Å². The third kappa shape index (κ3) is 2.44. The van der Waals surface area contributed by atoms with Crippen molar-refractivity contribution >= 4 is 11.4 Å². The maximum atomic E-state index is 4.69. The summed E-state index contributed by atoms with van der Waals surface area (Å²) in [7, 11) is 0. The molecule has 1 aromatic carbocycles. The first-order chi connectivity index (χ1) is 6.84. The van der Waals surface area contributed by atoms with E-state index in [1.165, 1.54) is 31.4 Å². The number of hydrogen-bond donors (Lipinski definition) is 0. The van der Waals surface area contributed by atoms with Crippen LogP contribution < -0.4 is 0 Å². The van der Waals surface area contributed by atoms with Crippen LogP contribution in [0.2, 0.25) is 0 Å². The summed E-state index contributed by atoms with van der Waals surface area (Å²) in [5.41, 5.74) is 2.49. The average molecular weight is 187 g/mol. The first-order valence-electron chi connectivity index (χ1n) is 5.46. The van der Waals surface area contributed by atoms with Gasteiger partial charge in [0.05, 0.1) is 5.69 Å². The van der Waals surface area contributed by atoms with Gasteiger partial charge in [-0.25, -0.2) is 0 Å². The molecule has 0 saturated heterocycles. The Labute approximate surface area is 85.9 Å². The van der Waals surface area contributed by atoms with E-state index in [1.54, 1.807) is 0 Å². The molecule has 0 heterocycles. The summed E-state index contributed by atoms with van der Waals surface area (Å²) in [5, 5.41) is 0. The SMILES string of the molecule is CC1CCC/C(=N\c2ccccc2)C1. The minimum Gasteiger partial charge on any atom is -0.258 e. The van der Waals surface area contributed by atoms with Gasteiger partial charge in [-0.05, 0) is 43.7 Å². The van der Waals surface area contributed by atoms with Crippen LogP contribution in [-0.2, 0) is 0 Å². The summed E-state index contributed by atoms with van der Waals surface area (Å²) in [4.78, 5) is 4.69. The van der Waals surface area contributed by atoms with Gasteiger partial charge in [0.15, 0.2) is 0 Å². The van der Waals surface area contributed by atoms with Crippen molar-refractivity contribution in [1.82, 2.24) is 0 Å². The van der Waals surface area contributed by atoms with Gasteiger partial charge < -0.3 is 0 Å². The minimum absolute atomic E-state index is 0.825. The fourth-order valence-electron chi connectivity index (χ4n) is 2.05. The third-order valence-electron chi connectivity index (χ3n) is 2.79. The van der Waals surface area contributed by atoms with Crippen LogP contribution >= 0.6 is 0 Å². The fourth-order valence-corrected chi connectivity index (χ4v) is 2.05. The summed E-state index contributed by atoms with van der Waals surface area (Å²) in [6.07, 6.45) is 5.06. The van der Waals surface area contributed by atoms with E-state index in [2.05, 4.69) is 24.0 Å². The molecule has 0 bridgehead atoms. The predicted molar refractivity (Wildman–Crippen MR) is 61.2 cm³/mol. The van der Waals surface area contributed by atoms with E-state index in [1.807, 2.05) is 18.2 Å². The quantitative estimate of drug-likeness (QED) is 0.630. The number of nitrogens with zero attached hydrogens (tertiary/aromatic N) is 1. The highest BCUT2D eigenvalue weighted by atomic mass is 14.7. The molecule has 1 fully saturated rings. The van der Waals surface area contributed by atoms with Crippen molar-refractivity contribution in [1.29, 1.82) is 0 Å². The molecule has 1 saturated carbocycles. The molecule has 0 spiro atoms. The average Bonchev–Trinajstić information content (AvgIpc) is 2.19. The van der Waals surface area contributed by atoms with E-state index in [-0.39, 0.29) is 0 Å². The van der Waals surface area contributed by atoms with Gasteiger partial charge in [0, 0.05) is 5.71 Å². The van der Waals surface area contributed by atoms with Crippen molar-refractivity contribution in [3.8, 4) is 0 Å². The second-order valence-electron chi connectivity index (χ2n) is 4.22. The Balaban J connectivity index is 2.10. The van der Waals surface area contributed by atoms with Gasteiger partial charge in [-0.15, -0.1) is 0 Å². The van der Waals surface area contributed by atoms with E-state index in [0.29, 0.717) is 0 Å². The smallest absolute Gasteiger partial charge is 0.0629 e. The lowest BCUT2D eigenvalue weighted by molar-refractivity contribution is 0.500. The van der Waals surface area contributed by atoms with Crippen LogP contribution in [0.5, 0.6) is 0 Å². The molecule has 1 aromatic rings. The van der Waals surface area contributed by atoms with Crippen LogP contribution in [0.4, 0.5) is 5.69 Å². The molecule has 2 rings (SSSR count). The third-order valence-corrected chi connectivity index (χ3v) is 2.79. The second kappa shape index (κ2) is 4.41. The Morgan fingerprint density at radius 2 is 2.00 bits per heavy atom. The van der Waals surface area contributed by atoms with E-state index in [9.17, 15) is 0 Å². The van der Waals surface area contributed by atoms with Crippen LogP contribution in [0.15, 0.2) is 35.3 Å². The Kier molecular flexibility index (Phi) is 2.97. The molecule has 0 aromatic heterocycles. The van der Waals surface area contributed by atoms with Crippen LogP contribution in [0.3, 0.4) is 0 Å². The second-order valence-corrected chi connectivity index (χ2v) is 4.22. The zero-order valence-electron chi connectivity index (χ0n) is 8.74. The number of rotatable bonds is 1. The number of benzene rings is 1. The van der Waals surface area contributed by atoms with Crippen LogP contribution in [0, 0.1) is 5.92 Å². The molecule has 74 valence electrons. The molecule has 1 nitrogen and oxygen atoms in total. The van der Waals surface area contributed by atoms with Crippen molar-refractivity contribution in [2.45, 2.75) is 32.6 Å². The van der Waals surface area contributed by atoms with Crippen LogP contribution in [0.1, 0.15) is 32.6 Å². The van der Waals surface area contributed by atoms with Gasteiger partial charge in [-0.2, -0.15) is 0 Å². The topological polar surface area (TPSA) is 12.4 Å². The Bertz CT molecular complexity index is 313. The van der Waals surface area contributed by atoms with E-state index in [4.69, 9.17) is 0 Å². The highest BCUT2D eigenvalue weighted by molar-refractivity contribution is 5.87. The summed E-state index contributed by atoms with van der Waals surface area (Å²) in [6, 6.07) is 10.3. The molecule has 1 atom stereocenters. The van der Waals surface area contributed by atoms with Crippen molar-refractivity contribution < 1.29 is 0 Å².